The van der Waals surface area contributed by atoms with Crippen LogP contribution < -0.4 is 10.6 Å². The van der Waals surface area contributed by atoms with E-state index in [1.165, 1.54) is 16.3 Å². The number of aryl methyl sites for hydroxylation is 1. The monoisotopic (exact) mass is 611 g/mol. The molecule has 0 radical (unpaired) electrons. The number of benzene rings is 2. The first-order valence-corrected chi connectivity index (χ1v) is 17.6. The Balaban J connectivity index is 1.34. The van der Waals surface area contributed by atoms with Gasteiger partial charge in [0.1, 0.15) is 9.84 Å². The number of nitrogens with one attached hydrogen (secondary N) is 2. The van der Waals surface area contributed by atoms with Gasteiger partial charge in [-0.3, -0.25) is 0 Å². The number of aromatic nitrogens is 4. The summed E-state index contributed by atoms with van der Waals surface area (Å²) in [5, 5.41) is 10.2. The highest BCUT2D eigenvalue weighted by Gasteiger charge is 2.24. The minimum Gasteiger partial charge on any atom is -0.324 e. The molecule has 3 heterocycles. The zero-order valence-corrected chi connectivity index (χ0v) is 25.9. The maximum atomic E-state index is 13.0. The molecule has 13 heteroatoms. The predicted molar refractivity (Wildman–Crippen MR) is 165 cm³/mol. The highest BCUT2D eigenvalue weighted by molar-refractivity contribution is 7.92. The maximum absolute atomic E-state index is 13.0. The Morgan fingerprint density at radius 2 is 1.69 bits per heavy atom. The van der Waals surface area contributed by atoms with E-state index in [4.69, 9.17) is 0 Å². The number of piperidine rings is 1. The number of sulfone groups is 2. The number of para-hydroxylation sites is 1. The molecule has 4 aromatic rings. The summed E-state index contributed by atoms with van der Waals surface area (Å²) in [6.45, 7) is 7.71. The van der Waals surface area contributed by atoms with E-state index in [1.807, 2.05) is 13.0 Å². The molecule has 1 aliphatic rings. The van der Waals surface area contributed by atoms with Crippen molar-refractivity contribution in [2.75, 3.05) is 42.3 Å². The Morgan fingerprint density at radius 3 is 2.38 bits per heavy atom. The second-order valence-corrected chi connectivity index (χ2v) is 15.9. The summed E-state index contributed by atoms with van der Waals surface area (Å²) in [5.74, 6) is 1.30. The summed E-state index contributed by atoms with van der Waals surface area (Å²) in [6.07, 6.45) is 4.87. The lowest BCUT2D eigenvalue weighted by Gasteiger charge is -2.32. The lowest BCUT2D eigenvalue weighted by molar-refractivity contribution is 0.223. The van der Waals surface area contributed by atoms with E-state index in [1.54, 1.807) is 50.4 Å². The fourth-order valence-corrected chi connectivity index (χ4v) is 6.93. The Morgan fingerprint density at radius 1 is 0.952 bits per heavy atom. The second-order valence-electron chi connectivity index (χ2n) is 11.1. The fraction of sp³-hybridized carbons (Fsp3) is 0.414. The van der Waals surface area contributed by atoms with Crippen LogP contribution in [0.4, 0.5) is 23.3 Å². The highest BCUT2D eigenvalue weighted by Crippen LogP contribution is 2.32. The van der Waals surface area contributed by atoms with Gasteiger partial charge in [-0.05, 0) is 81.9 Å². The minimum absolute atomic E-state index is 0.195. The molecular weight excluding hydrogens is 574 g/mol. The molecule has 224 valence electrons. The first kappa shape index (κ1) is 29.9. The van der Waals surface area contributed by atoms with Gasteiger partial charge in [0.2, 0.25) is 11.9 Å². The molecule has 2 aromatic heterocycles. The Hall–Kier alpha value is -3.55. The minimum atomic E-state index is -3.54. The number of likely N-dealkylation sites (tertiary alicyclic amines) is 1. The van der Waals surface area contributed by atoms with Crippen molar-refractivity contribution in [3.8, 4) is 0 Å². The van der Waals surface area contributed by atoms with Crippen LogP contribution in [0.2, 0.25) is 0 Å². The molecule has 0 unspecified atom stereocenters. The smallest absolute Gasteiger partial charge is 0.233 e. The number of hydrogen-bond donors (Lipinski definition) is 2. The van der Waals surface area contributed by atoms with E-state index < -0.39 is 24.9 Å². The second kappa shape index (κ2) is 12.0. The van der Waals surface area contributed by atoms with Gasteiger partial charge in [0, 0.05) is 24.6 Å². The van der Waals surface area contributed by atoms with E-state index in [-0.39, 0.29) is 10.6 Å². The molecule has 0 spiro atoms. The molecule has 2 aromatic carbocycles. The van der Waals surface area contributed by atoms with Gasteiger partial charge >= 0.3 is 0 Å². The summed E-state index contributed by atoms with van der Waals surface area (Å²) in [4.78, 5) is 11.7. The van der Waals surface area contributed by atoms with Crippen molar-refractivity contribution in [1.82, 2.24) is 24.5 Å². The third-order valence-electron chi connectivity index (χ3n) is 7.65. The first-order valence-electron chi connectivity index (χ1n) is 14.0. The van der Waals surface area contributed by atoms with Crippen LogP contribution >= 0.6 is 0 Å². The maximum Gasteiger partial charge on any atom is 0.233 e. The average molecular weight is 612 g/mol. The van der Waals surface area contributed by atoms with Crippen LogP contribution in [-0.4, -0.2) is 78.2 Å². The fourth-order valence-electron chi connectivity index (χ4n) is 5.14. The van der Waals surface area contributed by atoms with Crippen molar-refractivity contribution in [1.29, 1.82) is 0 Å². The highest BCUT2D eigenvalue weighted by atomic mass is 32.2. The molecule has 2 N–H and O–H groups in total. The third kappa shape index (κ3) is 6.74. The van der Waals surface area contributed by atoms with E-state index in [9.17, 15) is 16.8 Å². The zero-order chi connectivity index (χ0) is 30.1. The van der Waals surface area contributed by atoms with E-state index >= 15 is 0 Å². The van der Waals surface area contributed by atoms with E-state index in [2.05, 4.69) is 42.7 Å². The summed E-state index contributed by atoms with van der Waals surface area (Å²) in [5.41, 5.74) is 4.14. The van der Waals surface area contributed by atoms with E-state index in [0.29, 0.717) is 35.7 Å². The van der Waals surface area contributed by atoms with E-state index in [0.717, 1.165) is 37.2 Å². The van der Waals surface area contributed by atoms with Gasteiger partial charge in [0.15, 0.2) is 15.5 Å². The SMILES string of the molecule is Cc1cc(C2CCN(CCS(C)(=O)=O)CC2)ccc1Nc1nc(Nc2ccccc2S(=O)(=O)C(C)C)n2nccc2n1. The van der Waals surface area contributed by atoms with Crippen molar-refractivity contribution < 1.29 is 16.8 Å². The Kier molecular flexibility index (Phi) is 8.53. The van der Waals surface area contributed by atoms with Crippen LogP contribution in [0.1, 0.15) is 43.7 Å². The molecule has 1 fully saturated rings. The summed E-state index contributed by atoms with van der Waals surface area (Å²) in [6, 6.07) is 14.9. The molecule has 0 saturated carbocycles. The summed E-state index contributed by atoms with van der Waals surface area (Å²) < 4.78 is 50.5. The Bertz CT molecular complexity index is 1800. The summed E-state index contributed by atoms with van der Waals surface area (Å²) >= 11 is 0. The van der Waals surface area contributed by atoms with Crippen LogP contribution in [0.3, 0.4) is 0 Å². The van der Waals surface area contributed by atoms with Gasteiger partial charge in [-0.15, -0.1) is 0 Å². The van der Waals surface area contributed by atoms with Gasteiger partial charge < -0.3 is 15.5 Å². The molecule has 0 bridgehead atoms. The molecule has 0 atom stereocenters. The van der Waals surface area contributed by atoms with Gasteiger partial charge in [-0.25, -0.2) is 16.8 Å². The van der Waals surface area contributed by atoms with Crippen LogP contribution in [0.15, 0.2) is 59.6 Å². The quantitative estimate of drug-likeness (QED) is 0.266. The number of fused-ring (bicyclic) bond motifs is 1. The standard InChI is InChI=1S/C29H37N7O4S2/c1-20(2)42(39,40)26-8-6-5-7-25(26)32-29-34-28(33-27-11-14-30-36(27)29)31-24-10-9-23(19-21(24)3)22-12-15-35(16-13-22)17-18-41(4,37)38/h5-11,14,19-20,22H,12-13,15-18H2,1-4H3,(H2,31,32,33,34). The van der Waals surface area contributed by atoms with Crippen LogP contribution in [0, 0.1) is 6.92 Å². The number of nitrogens with zero attached hydrogens (tertiary/aromatic N) is 5. The van der Waals surface area contributed by atoms with Crippen LogP contribution in [0.5, 0.6) is 0 Å². The van der Waals surface area contributed by atoms with Crippen molar-refractivity contribution in [3.63, 3.8) is 0 Å². The number of rotatable bonds is 10. The molecule has 1 aliphatic heterocycles. The predicted octanol–water partition coefficient (Wildman–Crippen LogP) is 4.33. The molecule has 11 nitrogen and oxygen atoms in total. The number of hydrogen-bond acceptors (Lipinski definition) is 10. The third-order valence-corrected chi connectivity index (χ3v) is 10.8. The molecule has 1 saturated heterocycles. The van der Waals surface area contributed by atoms with Gasteiger partial charge in [-0.1, -0.05) is 24.3 Å². The summed E-state index contributed by atoms with van der Waals surface area (Å²) in [7, 11) is -6.49. The average Bonchev–Trinajstić information content (AvgIpc) is 3.42. The molecule has 0 amide bonds. The molecule has 42 heavy (non-hydrogen) atoms. The van der Waals surface area contributed by atoms with Gasteiger partial charge in [0.05, 0.1) is 27.8 Å². The van der Waals surface area contributed by atoms with Crippen molar-refractivity contribution in [3.05, 3.63) is 65.9 Å². The first-order chi connectivity index (χ1) is 19.9. The van der Waals surface area contributed by atoms with Crippen molar-refractivity contribution >= 4 is 48.6 Å². The van der Waals surface area contributed by atoms with Gasteiger partial charge in [0.25, 0.3) is 0 Å². The number of anilines is 4. The lowest BCUT2D eigenvalue weighted by atomic mass is 9.88. The Labute approximate surface area is 247 Å². The molecule has 0 aliphatic carbocycles. The van der Waals surface area contributed by atoms with Crippen molar-refractivity contribution in [2.45, 2.75) is 49.7 Å². The van der Waals surface area contributed by atoms with Crippen LogP contribution in [0.25, 0.3) is 5.65 Å². The zero-order valence-electron chi connectivity index (χ0n) is 24.3. The molecule has 5 rings (SSSR count). The molecular formula is C29H37N7O4S2. The largest absolute Gasteiger partial charge is 0.324 e. The van der Waals surface area contributed by atoms with Gasteiger partial charge in [-0.2, -0.15) is 19.6 Å². The topological polar surface area (TPSA) is 139 Å². The van der Waals surface area contributed by atoms with Crippen molar-refractivity contribution in [2.24, 2.45) is 0 Å². The normalized spacial score (nSPS) is 15.4. The lowest BCUT2D eigenvalue weighted by Crippen LogP contribution is -2.36. The van der Waals surface area contributed by atoms with Crippen LogP contribution in [-0.2, 0) is 19.7 Å².